The maximum absolute atomic E-state index is 12.7. The van der Waals surface area contributed by atoms with E-state index in [0.717, 1.165) is 13.0 Å². The van der Waals surface area contributed by atoms with Crippen LogP contribution in [0.2, 0.25) is 0 Å². The first-order valence-corrected chi connectivity index (χ1v) is 8.20. The molecule has 1 aliphatic carbocycles. The normalized spacial score (nSPS) is 15.4. The van der Waals surface area contributed by atoms with Crippen molar-refractivity contribution >= 4 is 15.7 Å². The minimum atomic E-state index is -3.33. The van der Waals surface area contributed by atoms with Gasteiger partial charge < -0.3 is 5.32 Å². The second-order valence-corrected chi connectivity index (χ2v) is 6.71. The van der Waals surface area contributed by atoms with Crippen LogP contribution in [0, 0.1) is 5.82 Å². The molecule has 106 valence electrons. The second kappa shape index (κ2) is 6.34. The third-order valence-electron chi connectivity index (χ3n) is 2.97. The molecule has 0 amide bonds. The highest BCUT2D eigenvalue weighted by Crippen LogP contribution is 2.18. The first kappa shape index (κ1) is 14.3. The van der Waals surface area contributed by atoms with Crippen molar-refractivity contribution in [1.29, 1.82) is 0 Å². The van der Waals surface area contributed by atoms with E-state index >= 15 is 0 Å². The van der Waals surface area contributed by atoms with Gasteiger partial charge in [0.1, 0.15) is 5.82 Å². The summed E-state index contributed by atoms with van der Waals surface area (Å²) in [6, 6.07) is 5.96. The third kappa shape index (κ3) is 5.57. The Morgan fingerprint density at radius 2 is 1.84 bits per heavy atom. The number of sulfonamides is 1. The summed E-state index contributed by atoms with van der Waals surface area (Å²) in [5.41, 5.74) is 0.400. The fourth-order valence-corrected chi connectivity index (χ4v) is 2.94. The molecule has 0 spiro atoms. The van der Waals surface area contributed by atoms with E-state index in [4.69, 9.17) is 0 Å². The lowest BCUT2D eigenvalue weighted by Gasteiger charge is -2.08. The van der Waals surface area contributed by atoms with Crippen molar-refractivity contribution in [3.05, 3.63) is 30.1 Å². The highest BCUT2D eigenvalue weighted by atomic mass is 32.2. The average molecular weight is 286 g/mol. The Morgan fingerprint density at radius 3 is 2.47 bits per heavy atom. The van der Waals surface area contributed by atoms with Crippen molar-refractivity contribution in [2.45, 2.75) is 31.7 Å². The average Bonchev–Trinajstić information content (AvgIpc) is 3.15. The molecule has 0 saturated heterocycles. The van der Waals surface area contributed by atoms with E-state index in [0.29, 0.717) is 18.2 Å². The number of unbranched alkanes of at least 4 members (excludes halogenated alkanes) is 1. The molecule has 1 aliphatic rings. The molecule has 0 aliphatic heterocycles. The van der Waals surface area contributed by atoms with Gasteiger partial charge in [-0.1, -0.05) is 0 Å². The van der Waals surface area contributed by atoms with Gasteiger partial charge in [-0.2, -0.15) is 0 Å². The topological polar surface area (TPSA) is 58.2 Å². The zero-order valence-electron chi connectivity index (χ0n) is 10.7. The van der Waals surface area contributed by atoms with Gasteiger partial charge in [0.2, 0.25) is 10.0 Å². The molecule has 1 saturated carbocycles. The first-order chi connectivity index (χ1) is 9.05. The van der Waals surface area contributed by atoms with Crippen molar-refractivity contribution in [3.63, 3.8) is 0 Å². The summed E-state index contributed by atoms with van der Waals surface area (Å²) < 4.78 is 38.7. The summed E-state index contributed by atoms with van der Waals surface area (Å²) in [4.78, 5) is 0. The Bertz CT molecular complexity index is 498. The Balaban J connectivity index is 1.69. The van der Waals surface area contributed by atoms with Crippen molar-refractivity contribution < 1.29 is 12.8 Å². The molecule has 0 bridgehead atoms. The van der Waals surface area contributed by atoms with Gasteiger partial charge >= 0.3 is 0 Å². The number of benzene rings is 1. The van der Waals surface area contributed by atoms with Gasteiger partial charge in [-0.15, -0.1) is 0 Å². The van der Waals surface area contributed by atoms with Crippen LogP contribution in [0.25, 0.3) is 0 Å². The summed E-state index contributed by atoms with van der Waals surface area (Å²) in [6.45, 7) is 0.872. The Kier molecular flexibility index (Phi) is 4.76. The van der Waals surface area contributed by atoms with Gasteiger partial charge in [0.05, 0.1) is 5.75 Å². The standard InChI is InChI=1S/C13H19FN2O2S/c14-11-3-5-13(6-4-11)16-19(17,18)10-2-1-9-15-12-7-8-12/h3-6,12,15-16H,1-2,7-10H2. The Labute approximate surface area is 113 Å². The molecule has 2 N–H and O–H groups in total. The molecule has 4 nitrogen and oxygen atoms in total. The predicted molar refractivity (Wildman–Crippen MR) is 74.1 cm³/mol. The van der Waals surface area contributed by atoms with Crippen molar-refractivity contribution in [2.24, 2.45) is 0 Å². The SMILES string of the molecule is O=S(=O)(CCCCNC1CC1)Nc1ccc(F)cc1. The minimum absolute atomic E-state index is 0.0940. The van der Waals surface area contributed by atoms with Gasteiger partial charge in [0.15, 0.2) is 0 Å². The maximum atomic E-state index is 12.7. The van der Waals surface area contributed by atoms with Crippen molar-refractivity contribution in [3.8, 4) is 0 Å². The van der Waals surface area contributed by atoms with Crippen LogP contribution in [0.1, 0.15) is 25.7 Å². The number of halogens is 1. The number of rotatable bonds is 8. The molecule has 1 fully saturated rings. The zero-order chi connectivity index (χ0) is 13.7. The van der Waals surface area contributed by atoms with Gasteiger partial charge in [0, 0.05) is 11.7 Å². The smallest absolute Gasteiger partial charge is 0.232 e. The zero-order valence-corrected chi connectivity index (χ0v) is 11.5. The fourth-order valence-electron chi connectivity index (χ4n) is 1.76. The van der Waals surface area contributed by atoms with E-state index in [1.165, 1.54) is 37.1 Å². The molecule has 0 atom stereocenters. The van der Waals surface area contributed by atoms with Crippen LogP contribution in [0.4, 0.5) is 10.1 Å². The molecule has 2 rings (SSSR count). The van der Waals surface area contributed by atoms with Crippen LogP contribution >= 0.6 is 0 Å². The number of nitrogens with one attached hydrogen (secondary N) is 2. The van der Waals surface area contributed by atoms with Gasteiger partial charge in [0.25, 0.3) is 0 Å². The highest BCUT2D eigenvalue weighted by molar-refractivity contribution is 7.92. The number of hydrogen-bond donors (Lipinski definition) is 2. The predicted octanol–water partition coefficient (Wildman–Crippen LogP) is 2.10. The van der Waals surface area contributed by atoms with Gasteiger partial charge in [-0.05, 0) is 56.5 Å². The van der Waals surface area contributed by atoms with Crippen LogP contribution < -0.4 is 10.0 Å². The quantitative estimate of drug-likeness (QED) is 0.720. The molecule has 1 aromatic carbocycles. The summed E-state index contributed by atoms with van der Waals surface area (Å²) in [5, 5.41) is 3.34. The molecule has 19 heavy (non-hydrogen) atoms. The van der Waals surface area contributed by atoms with E-state index in [1.807, 2.05) is 0 Å². The molecule has 0 heterocycles. The molecule has 6 heteroatoms. The van der Waals surface area contributed by atoms with Crippen LogP contribution in [0.3, 0.4) is 0 Å². The maximum Gasteiger partial charge on any atom is 0.232 e. The number of anilines is 1. The fraction of sp³-hybridized carbons (Fsp3) is 0.538. The molecule has 0 aromatic heterocycles. The lowest BCUT2D eigenvalue weighted by Crippen LogP contribution is -2.20. The number of hydrogen-bond acceptors (Lipinski definition) is 3. The van der Waals surface area contributed by atoms with Crippen LogP contribution in [0.15, 0.2) is 24.3 Å². The van der Waals surface area contributed by atoms with Crippen LogP contribution in [-0.2, 0) is 10.0 Å². The van der Waals surface area contributed by atoms with Gasteiger partial charge in [-0.3, -0.25) is 4.72 Å². The summed E-state index contributed by atoms with van der Waals surface area (Å²) in [7, 11) is -3.33. The van der Waals surface area contributed by atoms with E-state index < -0.39 is 10.0 Å². The summed E-state index contributed by atoms with van der Waals surface area (Å²) in [5.74, 6) is -0.286. The largest absolute Gasteiger partial charge is 0.314 e. The van der Waals surface area contributed by atoms with E-state index in [2.05, 4.69) is 10.0 Å². The van der Waals surface area contributed by atoms with E-state index in [-0.39, 0.29) is 11.6 Å². The monoisotopic (exact) mass is 286 g/mol. The van der Waals surface area contributed by atoms with Crippen LogP contribution in [0.5, 0.6) is 0 Å². The Morgan fingerprint density at radius 1 is 1.16 bits per heavy atom. The van der Waals surface area contributed by atoms with Crippen molar-refractivity contribution in [2.75, 3.05) is 17.0 Å². The second-order valence-electron chi connectivity index (χ2n) is 4.86. The Hall–Kier alpha value is -1.14. The minimum Gasteiger partial charge on any atom is -0.314 e. The van der Waals surface area contributed by atoms with Gasteiger partial charge in [-0.25, -0.2) is 12.8 Å². The molecule has 0 unspecified atom stereocenters. The summed E-state index contributed by atoms with van der Waals surface area (Å²) in [6.07, 6.45) is 3.95. The first-order valence-electron chi connectivity index (χ1n) is 6.55. The summed E-state index contributed by atoms with van der Waals surface area (Å²) >= 11 is 0. The lowest BCUT2D eigenvalue weighted by molar-refractivity contribution is 0.590. The molecule has 1 aromatic rings. The van der Waals surface area contributed by atoms with E-state index in [9.17, 15) is 12.8 Å². The van der Waals surface area contributed by atoms with Crippen molar-refractivity contribution in [1.82, 2.24) is 5.32 Å². The highest BCUT2D eigenvalue weighted by Gasteiger charge is 2.19. The van der Waals surface area contributed by atoms with Crippen LogP contribution in [-0.4, -0.2) is 26.8 Å². The molecular formula is C13H19FN2O2S. The molecular weight excluding hydrogens is 267 g/mol. The molecule has 0 radical (unpaired) electrons. The van der Waals surface area contributed by atoms with E-state index in [1.54, 1.807) is 0 Å². The third-order valence-corrected chi connectivity index (χ3v) is 4.34. The lowest BCUT2D eigenvalue weighted by atomic mass is 10.3.